The molecule has 3 heteroatoms. The number of alkyl halides is 1. The molecule has 0 aromatic heterocycles. The molecule has 2 rings (SSSR count). The van der Waals surface area contributed by atoms with Gasteiger partial charge in [0, 0.05) is 5.88 Å². The SMILES string of the molecule is Fc1cc(CCl)ccc1OCC1CCC1. The molecule has 1 saturated carbocycles. The molecule has 0 radical (unpaired) electrons. The molecule has 1 aromatic rings. The highest BCUT2D eigenvalue weighted by Crippen LogP contribution is 2.28. The summed E-state index contributed by atoms with van der Waals surface area (Å²) in [5.74, 6) is 0.986. The minimum Gasteiger partial charge on any atom is -0.490 e. The number of benzene rings is 1. The van der Waals surface area contributed by atoms with Gasteiger partial charge in [-0.2, -0.15) is 0 Å². The summed E-state index contributed by atoms with van der Waals surface area (Å²) >= 11 is 5.60. The van der Waals surface area contributed by atoms with Crippen molar-refractivity contribution in [1.82, 2.24) is 0 Å². The van der Waals surface area contributed by atoms with Crippen molar-refractivity contribution in [3.8, 4) is 5.75 Å². The van der Waals surface area contributed by atoms with Gasteiger partial charge in [-0.1, -0.05) is 12.5 Å². The molecule has 1 aliphatic carbocycles. The zero-order valence-electron chi connectivity index (χ0n) is 8.51. The van der Waals surface area contributed by atoms with Gasteiger partial charge < -0.3 is 4.74 Å². The lowest BCUT2D eigenvalue weighted by molar-refractivity contribution is 0.175. The van der Waals surface area contributed by atoms with Crippen LogP contribution in [0.1, 0.15) is 24.8 Å². The van der Waals surface area contributed by atoms with Crippen molar-refractivity contribution in [2.24, 2.45) is 5.92 Å². The fraction of sp³-hybridized carbons (Fsp3) is 0.500. The molecule has 0 N–H and O–H groups in total. The smallest absolute Gasteiger partial charge is 0.165 e. The van der Waals surface area contributed by atoms with Crippen LogP contribution in [0.4, 0.5) is 4.39 Å². The van der Waals surface area contributed by atoms with Gasteiger partial charge in [0.05, 0.1) is 6.61 Å². The lowest BCUT2D eigenvalue weighted by Gasteiger charge is -2.25. The summed E-state index contributed by atoms with van der Waals surface area (Å²) in [4.78, 5) is 0. The Kier molecular flexibility index (Phi) is 3.47. The number of rotatable bonds is 4. The highest BCUT2D eigenvalue weighted by molar-refractivity contribution is 6.17. The van der Waals surface area contributed by atoms with Crippen LogP contribution in [-0.4, -0.2) is 6.61 Å². The van der Waals surface area contributed by atoms with Crippen LogP contribution in [0, 0.1) is 11.7 Å². The van der Waals surface area contributed by atoms with E-state index in [0.717, 1.165) is 5.56 Å². The van der Waals surface area contributed by atoms with Gasteiger partial charge in [0.15, 0.2) is 11.6 Å². The molecule has 0 saturated heterocycles. The number of ether oxygens (including phenoxy) is 1. The molecule has 15 heavy (non-hydrogen) atoms. The van der Waals surface area contributed by atoms with E-state index in [1.165, 1.54) is 25.3 Å². The van der Waals surface area contributed by atoms with Crippen LogP contribution in [0.15, 0.2) is 18.2 Å². The maximum atomic E-state index is 13.4. The fourth-order valence-corrected chi connectivity index (χ4v) is 1.78. The minimum atomic E-state index is -0.313. The second-order valence-corrected chi connectivity index (χ2v) is 4.27. The average molecular weight is 229 g/mol. The van der Waals surface area contributed by atoms with E-state index in [-0.39, 0.29) is 5.82 Å². The highest BCUT2D eigenvalue weighted by Gasteiger charge is 2.18. The van der Waals surface area contributed by atoms with Crippen LogP contribution >= 0.6 is 11.6 Å². The molecule has 0 atom stereocenters. The van der Waals surface area contributed by atoms with E-state index in [1.807, 2.05) is 0 Å². The Morgan fingerprint density at radius 3 is 2.73 bits per heavy atom. The summed E-state index contributed by atoms with van der Waals surface area (Å²) in [6, 6.07) is 4.89. The van der Waals surface area contributed by atoms with Crippen LogP contribution < -0.4 is 4.74 Å². The molecular formula is C12H14ClFO. The Labute approximate surface area is 94.2 Å². The third-order valence-electron chi connectivity index (χ3n) is 2.85. The fourth-order valence-electron chi connectivity index (χ4n) is 1.61. The molecule has 0 amide bonds. The van der Waals surface area contributed by atoms with E-state index in [0.29, 0.717) is 24.2 Å². The number of hydrogen-bond acceptors (Lipinski definition) is 1. The normalized spacial score (nSPS) is 16.1. The second-order valence-electron chi connectivity index (χ2n) is 4.01. The third kappa shape index (κ3) is 2.63. The zero-order valence-corrected chi connectivity index (χ0v) is 9.27. The molecule has 0 heterocycles. The minimum absolute atomic E-state index is 0.313. The Balaban J connectivity index is 1.95. The summed E-state index contributed by atoms with van der Waals surface area (Å²) in [6.45, 7) is 0.636. The highest BCUT2D eigenvalue weighted by atomic mass is 35.5. The number of hydrogen-bond donors (Lipinski definition) is 0. The third-order valence-corrected chi connectivity index (χ3v) is 3.16. The van der Waals surface area contributed by atoms with Crippen molar-refractivity contribution in [1.29, 1.82) is 0 Å². The maximum absolute atomic E-state index is 13.4. The quantitative estimate of drug-likeness (QED) is 0.714. The van der Waals surface area contributed by atoms with Crippen molar-refractivity contribution in [3.05, 3.63) is 29.6 Å². The Morgan fingerprint density at radius 2 is 2.20 bits per heavy atom. The maximum Gasteiger partial charge on any atom is 0.165 e. The predicted octanol–water partition coefficient (Wildman–Crippen LogP) is 3.74. The van der Waals surface area contributed by atoms with Gasteiger partial charge in [0.2, 0.25) is 0 Å². The molecule has 1 aromatic carbocycles. The lowest BCUT2D eigenvalue weighted by atomic mass is 9.86. The standard InChI is InChI=1S/C12H14ClFO/c13-7-10-4-5-12(11(14)6-10)15-8-9-2-1-3-9/h4-6,9H,1-3,7-8H2. The molecule has 0 spiro atoms. The van der Waals surface area contributed by atoms with Crippen LogP contribution in [0.25, 0.3) is 0 Å². The van der Waals surface area contributed by atoms with Crippen LogP contribution in [0.3, 0.4) is 0 Å². The summed E-state index contributed by atoms with van der Waals surface area (Å²) in [7, 11) is 0. The van der Waals surface area contributed by atoms with Crippen molar-refractivity contribution in [3.63, 3.8) is 0 Å². The van der Waals surface area contributed by atoms with Crippen LogP contribution in [0.2, 0.25) is 0 Å². The summed E-state index contributed by atoms with van der Waals surface area (Å²) in [5, 5.41) is 0. The molecular weight excluding hydrogens is 215 g/mol. The van der Waals surface area contributed by atoms with Crippen molar-refractivity contribution >= 4 is 11.6 Å². The van der Waals surface area contributed by atoms with Gasteiger partial charge in [-0.3, -0.25) is 0 Å². The van der Waals surface area contributed by atoms with Crippen molar-refractivity contribution in [2.75, 3.05) is 6.61 Å². The van der Waals surface area contributed by atoms with Gasteiger partial charge >= 0.3 is 0 Å². The van der Waals surface area contributed by atoms with Gasteiger partial charge in [0.1, 0.15) is 0 Å². The zero-order chi connectivity index (χ0) is 10.7. The largest absolute Gasteiger partial charge is 0.490 e. The van der Waals surface area contributed by atoms with E-state index in [9.17, 15) is 4.39 Å². The van der Waals surface area contributed by atoms with Crippen molar-refractivity contribution in [2.45, 2.75) is 25.1 Å². The van der Waals surface area contributed by atoms with E-state index >= 15 is 0 Å². The van der Waals surface area contributed by atoms with Crippen LogP contribution in [0.5, 0.6) is 5.75 Å². The topological polar surface area (TPSA) is 9.23 Å². The molecule has 0 unspecified atom stereocenters. The first-order valence-corrected chi connectivity index (χ1v) is 5.80. The van der Waals surface area contributed by atoms with Gasteiger partial charge in [-0.05, 0) is 36.5 Å². The first-order chi connectivity index (χ1) is 7.29. The molecule has 1 aliphatic rings. The summed E-state index contributed by atoms with van der Waals surface area (Å²) in [5.41, 5.74) is 0.783. The molecule has 82 valence electrons. The van der Waals surface area contributed by atoms with Crippen LogP contribution in [-0.2, 0) is 5.88 Å². The average Bonchev–Trinajstić information content (AvgIpc) is 2.18. The Bertz CT molecular complexity index is 336. The van der Waals surface area contributed by atoms with Crippen molar-refractivity contribution < 1.29 is 9.13 Å². The Hall–Kier alpha value is -0.760. The first-order valence-electron chi connectivity index (χ1n) is 5.27. The lowest BCUT2D eigenvalue weighted by Crippen LogP contribution is -2.19. The molecule has 0 aliphatic heterocycles. The van der Waals surface area contributed by atoms with Gasteiger partial charge in [-0.15, -0.1) is 11.6 Å². The predicted molar refractivity (Wildman–Crippen MR) is 58.8 cm³/mol. The van der Waals surface area contributed by atoms with E-state index in [4.69, 9.17) is 16.3 Å². The monoisotopic (exact) mass is 228 g/mol. The summed E-state index contributed by atoms with van der Waals surface area (Å²) in [6.07, 6.45) is 3.70. The summed E-state index contributed by atoms with van der Waals surface area (Å²) < 4.78 is 18.8. The van der Waals surface area contributed by atoms with Gasteiger partial charge in [0.25, 0.3) is 0 Å². The van der Waals surface area contributed by atoms with E-state index < -0.39 is 0 Å². The molecule has 1 nitrogen and oxygen atoms in total. The molecule has 0 bridgehead atoms. The van der Waals surface area contributed by atoms with E-state index in [1.54, 1.807) is 12.1 Å². The number of halogens is 2. The molecule has 1 fully saturated rings. The second kappa shape index (κ2) is 4.84. The van der Waals surface area contributed by atoms with E-state index in [2.05, 4.69) is 0 Å². The Morgan fingerprint density at radius 1 is 1.40 bits per heavy atom. The first kappa shape index (κ1) is 10.7. The van der Waals surface area contributed by atoms with Gasteiger partial charge in [-0.25, -0.2) is 4.39 Å².